The van der Waals surface area contributed by atoms with Gasteiger partial charge in [0.1, 0.15) is 6.17 Å². The van der Waals surface area contributed by atoms with Crippen molar-refractivity contribution in [1.29, 1.82) is 0 Å². The van der Waals surface area contributed by atoms with Crippen LogP contribution in [-0.2, 0) is 19.1 Å². The summed E-state index contributed by atoms with van der Waals surface area (Å²) in [7, 11) is 0. The van der Waals surface area contributed by atoms with Crippen LogP contribution >= 0.6 is 11.8 Å². The van der Waals surface area contributed by atoms with Crippen molar-refractivity contribution >= 4 is 34.4 Å². The summed E-state index contributed by atoms with van der Waals surface area (Å²) in [6, 6.07) is 7.00. The quantitative estimate of drug-likeness (QED) is 0.331. The first kappa shape index (κ1) is 30.8. The van der Waals surface area contributed by atoms with Crippen molar-refractivity contribution in [3.05, 3.63) is 59.2 Å². The Morgan fingerprint density at radius 1 is 1.12 bits per heavy atom. The molecule has 226 valence electrons. The second kappa shape index (κ2) is 10.5. The summed E-state index contributed by atoms with van der Waals surface area (Å²) in [5.74, 6) is -3.71. The van der Waals surface area contributed by atoms with E-state index in [0.717, 1.165) is 23.4 Å². The van der Waals surface area contributed by atoms with E-state index in [9.17, 15) is 24.3 Å². The molecule has 0 saturated heterocycles. The number of alkyl halides is 2. The molecule has 0 spiro atoms. The number of halogens is 2. The molecule has 3 saturated carbocycles. The van der Waals surface area contributed by atoms with E-state index in [4.69, 9.17) is 4.74 Å². The van der Waals surface area contributed by atoms with Crippen LogP contribution in [0, 0.1) is 35.5 Å². The van der Waals surface area contributed by atoms with E-state index >= 15 is 8.78 Å². The number of Topliss-reactive ketones (excluding diaryl/α,β-unsaturated/α-hetero) is 1. The molecule has 0 radical (unpaired) electrons. The Labute approximate surface area is 249 Å². The van der Waals surface area contributed by atoms with Gasteiger partial charge in [0, 0.05) is 34.7 Å². The number of allylic oxidation sites excluding steroid dienone is 4. The topological polar surface area (TPSA) is 97.7 Å². The molecule has 0 unspecified atom stereocenters. The van der Waals surface area contributed by atoms with E-state index in [0.29, 0.717) is 5.56 Å². The van der Waals surface area contributed by atoms with Crippen molar-refractivity contribution in [1.82, 2.24) is 0 Å². The lowest BCUT2D eigenvalue weighted by molar-refractivity contribution is -0.228. The molecule has 0 amide bonds. The number of hydrogen-bond donors (Lipinski definition) is 1. The van der Waals surface area contributed by atoms with Gasteiger partial charge in [-0.05, 0) is 56.8 Å². The molecule has 1 aromatic carbocycles. The zero-order chi connectivity index (χ0) is 30.8. The largest absolute Gasteiger partial charge is 0.449 e. The molecule has 6 nitrogen and oxygen atoms in total. The maximum absolute atomic E-state index is 17.6. The molecule has 5 rings (SSSR count). The number of ether oxygens (including phenoxy) is 1. The predicted octanol–water partition coefficient (Wildman–Crippen LogP) is 5.69. The smallest absolute Gasteiger partial charge is 0.306 e. The second-order valence-corrected chi connectivity index (χ2v) is 13.9. The van der Waals surface area contributed by atoms with Gasteiger partial charge < -0.3 is 9.84 Å². The van der Waals surface area contributed by atoms with Crippen LogP contribution in [0.2, 0.25) is 0 Å². The molecule has 42 heavy (non-hydrogen) atoms. The average Bonchev–Trinajstić information content (AvgIpc) is 3.16. The number of carbonyl (C=O) groups is 4. The normalized spacial score (nSPS) is 40.4. The highest BCUT2D eigenvalue weighted by molar-refractivity contribution is 8.14. The van der Waals surface area contributed by atoms with Gasteiger partial charge in [-0.1, -0.05) is 68.4 Å². The molecule has 0 aromatic heterocycles. The van der Waals surface area contributed by atoms with Crippen LogP contribution in [0.5, 0.6) is 0 Å². The standard InChI is InChI=1S/C33H38F2O6S/c1-6-28(39)41-33(29(40)42-17-26(37)20-9-7-18(2)8-10-20)19(3)13-22-23-15-25(34)24-14-21(36)11-12-30(24,4)32(23,35)27(38)16-31(22,33)5/h7-12,14,19,22-23,25,27,38H,6,13,15-17H2,1-5H3/t19-,22+,23+,25+,27+,30+,31+,32+,33+/m1/s1. The van der Waals surface area contributed by atoms with Crippen molar-refractivity contribution in [2.24, 2.45) is 28.6 Å². The van der Waals surface area contributed by atoms with Crippen LogP contribution < -0.4 is 0 Å². The third-order valence-corrected chi connectivity index (χ3v) is 11.7. The van der Waals surface area contributed by atoms with Gasteiger partial charge in [-0.15, -0.1) is 0 Å². The molecule has 1 N–H and O–H groups in total. The third-order valence-electron chi connectivity index (χ3n) is 10.7. The van der Waals surface area contributed by atoms with E-state index in [1.807, 2.05) is 19.1 Å². The maximum Gasteiger partial charge on any atom is 0.306 e. The van der Waals surface area contributed by atoms with E-state index in [1.165, 1.54) is 19.1 Å². The molecule has 3 fully saturated rings. The molecule has 4 aliphatic rings. The fourth-order valence-corrected chi connectivity index (χ4v) is 9.65. The first-order valence-electron chi connectivity index (χ1n) is 14.6. The molecule has 0 bridgehead atoms. The molecule has 0 heterocycles. The fraction of sp³-hybridized carbons (Fsp3) is 0.576. The fourth-order valence-electron chi connectivity index (χ4n) is 8.53. The first-order valence-corrected chi connectivity index (χ1v) is 15.6. The number of fused-ring (bicyclic) bond motifs is 5. The molecule has 4 aliphatic carbocycles. The highest BCUT2D eigenvalue weighted by Crippen LogP contribution is 2.72. The summed E-state index contributed by atoms with van der Waals surface area (Å²) in [4.78, 5) is 52.2. The Kier molecular flexibility index (Phi) is 7.71. The first-order chi connectivity index (χ1) is 19.7. The Morgan fingerprint density at radius 2 is 1.79 bits per heavy atom. The Bertz CT molecular complexity index is 1390. The summed E-state index contributed by atoms with van der Waals surface area (Å²) >= 11 is 0.765. The lowest BCUT2D eigenvalue weighted by Gasteiger charge is -2.63. The Hall–Kier alpha value is -2.65. The molecular weight excluding hydrogens is 562 g/mol. The van der Waals surface area contributed by atoms with E-state index in [-0.39, 0.29) is 42.8 Å². The number of carbonyl (C=O) groups excluding carboxylic acids is 4. The highest BCUT2D eigenvalue weighted by Gasteiger charge is 2.78. The number of hydrogen-bond acceptors (Lipinski definition) is 7. The van der Waals surface area contributed by atoms with Crippen LogP contribution in [-0.4, -0.2) is 57.1 Å². The van der Waals surface area contributed by atoms with Gasteiger partial charge in [0.25, 0.3) is 0 Å². The second-order valence-electron chi connectivity index (χ2n) is 12.9. The summed E-state index contributed by atoms with van der Waals surface area (Å²) in [5.41, 5.74) is -5.41. The van der Waals surface area contributed by atoms with Gasteiger partial charge >= 0.3 is 5.97 Å². The SMILES string of the molecule is CCC(=O)O[C@]1(C(=O)SCC(=O)c2ccc(C)cc2)[C@H](C)C[C@H]2[C@@H]3C[C@H](F)C4=CC(=O)C=C[C@]4(C)[C@@]3(F)[C@@H](O)C[C@@]21C. The van der Waals surface area contributed by atoms with Gasteiger partial charge in [0.2, 0.25) is 5.12 Å². The van der Waals surface area contributed by atoms with E-state index in [2.05, 4.69) is 0 Å². The van der Waals surface area contributed by atoms with Gasteiger partial charge in [-0.25, -0.2) is 8.78 Å². The van der Waals surface area contributed by atoms with Gasteiger partial charge in [0.15, 0.2) is 22.8 Å². The number of thioether (sulfide) groups is 1. The third kappa shape index (κ3) is 4.20. The zero-order valence-electron chi connectivity index (χ0n) is 24.6. The minimum atomic E-state index is -2.31. The van der Waals surface area contributed by atoms with Crippen molar-refractivity contribution in [3.8, 4) is 0 Å². The van der Waals surface area contributed by atoms with Crippen LogP contribution in [0.4, 0.5) is 8.78 Å². The molecule has 9 atom stereocenters. The minimum absolute atomic E-state index is 0.00784. The molecular formula is C33H38F2O6S. The van der Waals surface area contributed by atoms with Crippen LogP contribution in [0.25, 0.3) is 0 Å². The minimum Gasteiger partial charge on any atom is -0.449 e. The molecule has 0 aliphatic heterocycles. The summed E-state index contributed by atoms with van der Waals surface area (Å²) in [5, 5.41) is 11.1. The molecule has 1 aromatic rings. The number of ketones is 2. The number of aryl methyl sites for hydroxylation is 1. The number of aliphatic hydroxyl groups is 1. The van der Waals surface area contributed by atoms with Crippen LogP contribution in [0.1, 0.15) is 69.3 Å². The lowest BCUT2D eigenvalue weighted by Crippen LogP contribution is -2.70. The van der Waals surface area contributed by atoms with Crippen molar-refractivity contribution in [2.45, 2.75) is 83.8 Å². The summed E-state index contributed by atoms with van der Waals surface area (Å²) in [6.07, 6.45) is 0.239. The van der Waals surface area contributed by atoms with Crippen LogP contribution in [0.3, 0.4) is 0 Å². The zero-order valence-corrected chi connectivity index (χ0v) is 25.4. The highest BCUT2D eigenvalue weighted by atomic mass is 32.2. The maximum atomic E-state index is 17.6. The molecule has 9 heteroatoms. The van der Waals surface area contributed by atoms with Crippen molar-refractivity contribution in [2.75, 3.05) is 5.75 Å². The van der Waals surface area contributed by atoms with Gasteiger partial charge in [-0.3, -0.25) is 19.2 Å². The average molecular weight is 601 g/mol. The lowest BCUT2D eigenvalue weighted by atomic mass is 9.44. The number of esters is 1. The van der Waals surface area contributed by atoms with E-state index in [1.54, 1.807) is 32.9 Å². The monoisotopic (exact) mass is 600 g/mol. The van der Waals surface area contributed by atoms with Crippen LogP contribution in [0.15, 0.2) is 48.1 Å². The van der Waals surface area contributed by atoms with Gasteiger partial charge in [-0.2, -0.15) is 0 Å². The number of benzene rings is 1. The predicted molar refractivity (Wildman–Crippen MR) is 155 cm³/mol. The van der Waals surface area contributed by atoms with Crippen molar-refractivity contribution < 1.29 is 37.8 Å². The summed E-state index contributed by atoms with van der Waals surface area (Å²) < 4.78 is 39.4. The van der Waals surface area contributed by atoms with E-state index < -0.39 is 69.0 Å². The number of aliphatic hydroxyl groups excluding tert-OH is 1. The Morgan fingerprint density at radius 3 is 2.43 bits per heavy atom. The summed E-state index contributed by atoms with van der Waals surface area (Å²) in [6.45, 7) is 8.53. The van der Waals surface area contributed by atoms with Gasteiger partial charge in [0.05, 0.1) is 11.9 Å². The number of rotatable bonds is 6. The Balaban J connectivity index is 1.54. The van der Waals surface area contributed by atoms with Crippen molar-refractivity contribution in [3.63, 3.8) is 0 Å².